The third-order valence-corrected chi connectivity index (χ3v) is 3.01. The molecule has 0 heterocycles. The van der Waals surface area contributed by atoms with Crippen molar-refractivity contribution >= 4 is 23.0 Å². The van der Waals surface area contributed by atoms with Crippen molar-refractivity contribution in [3.05, 3.63) is 28.3 Å². The molecule has 1 rings (SSSR count). The van der Waals surface area contributed by atoms with E-state index in [0.29, 0.717) is 31.7 Å². The third-order valence-electron chi connectivity index (χ3n) is 3.01. The Hall–Kier alpha value is -2.31. The predicted octanol–water partition coefficient (Wildman–Crippen LogP) is 1.85. The van der Waals surface area contributed by atoms with E-state index in [2.05, 4.69) is 5.32 Å². The third kappa shape index (κ3) is 4.11. The second kappa shape index (κ2) is 7.32. The van der Waals surface area contributed by atoms with Gasteiger partial charge in [0.25, 0.3) is 5.69 Å². The van der Waals surface area contributed by atoms with E-state index in [-0.39, 0.29) is 17.3 Å². The SMILES string of the molecule is CCN(CC)C(=O)CCNc1ccc([N+](=O)[O-])c(N)c1. The van der Waals surface area contributed by atoms with Crippen LogP contribution in [0.25, 0.3) is 0 Å². The average Bonchev–Trinajstić information content (AvgIpc) is 2.39. The summed E-state index contributed by atoms with van der Waals surface area (Å²) in [6.07, 6.45) is 0.374. The number of carbonyl (C=O) groups is 1. The lowest BCUT2D eigenvalue weighted by atomic mass is 10.2. The molecule has 0 radical (unpaired) electrons. The van der Waals surface area contributed by atoms with E-state index in [1.54, 1.807) is 11.0 Å². The molecule has 7 nitrogen and oxygen atoms in total. The monoisotopic (exact) mass is 280 g/mol. The number of hydrogen-bond donors (Lipinski definition) is 2. The highest BCUT2D eigenvalue weighted by molar-refractivity contribution is 5.76. The number of benzene rings is 1. The Morgan fingerprint density at radius 3 is 2.55 bits per heavy atom. The first-order chi connectivity index (χ1) is 9.49. The van der Waals surface area contributed by atoms with Gasteiger partial charge < -0.3 is 16.0 Å². The fourth-order valence-electron chi connectivity index (χ4n) is 1.88. The van der Waals surface area contributed by atoms with Crippen LogP contribution in [0.5, 0.6) is 0 Å². The van der Waals surface area contributed by atoms with E-state index >= 15 is 0 Å². The van der Waals surface area contributed by atoms with Gasteiger partial charge in [0.15, 0.2) is 0 Å². The number of nitrogens with one attached hydrogen (secondary N) is 1. The topological polar surface area (TPSA) is 102 Å². The van der Waals surface area contributed by atoms with E-state index < -0.39 is 4.92 Å². The molecule has 20 heavy (non-hydrogen) atoms. The van der Waals surface area contributed by atoms with Crippen LogP contribution in [0.1, 0.15) is 20.3 Å². The van der Waals surface area contributed by atoms with Crippen molar-refractivity contribution in [3.8, 4) is 0 Å². The Bertz CT molecular complexity index is 487. The molecule has 0 unspecified atom stereocenters. The van der Waals surface area contributed by atoms with Gasteiger partial charge in [-0.3, -0.25) is 14.9 Å². The maximum absolute atomic E-state index is 11.8. The minimum Gasteiger partial charge on any atom is -0.393 e. The largest absolute Gasteiger partial charge is 0.393 e. The van der Waals surface area contributed by atoms with Crippen LogP contribution in [0.15, 0.2) is 18.2 Å². The second-order valence-corrected chi connectivity index (χ2v) is 4.27. The number of nitrogens with zero attached hydrogens (tertiary/aromatic N) is 2. The Morgan fingerprint density at radius 2 is 2.05 bits per heavy atom. The molecule has 0 aliphatic rings. The second-order valence-electron chi connectivity index (χ2n) is 4.27. The van der Waals surface area contributed by atoms with E-state index in [0.717, 1.165) is 0 Å². The summed E-state index contributed by atoms with van der Waals surface area (Å²) in [5.74, 6) is 0.0809. The molecule has 0 aliphatic carbocycles. The molecule has 1 aromatic carbocycles. The lowest BCUT2D eigenvalue weighted by Gasteiger charge is -2.18. The summed E-state index contributed by atoms with van der Waals surface area (Å²) in [4.78, 5) is 23.6. The summed E-state index contributed by atoms with van der Waals surface area (Å²) in [6.45, 7) is 5.73. The van der Waals surface area contributed by atoms with Gasteiger partial charge in [-0.25, -0.2) is 0 Å². The Kier molecular flexibility index (Phi) is 5.76. The number of amides is 1. The first-order valence-electron chi connectivity index (χ1n) is 6.55. The number of carbonyl (C=O) groups excluding carboxylic acids is 1. The normalized spacial score (nSPS) is 10.1. The fraction of sp³-hybridized carbons (Fsp3) is 0.462. The van der Waals surface area contributed by atoms with Crippen LogP contribution in [-0.2, 0) is 4.79 Å². The number of rotatable bonds is 7. The highest BCUT2D eigenvalue weighted by atomic mass is 16.6. The zero-order valence-corrected chi connectivity index (χ0v) is 11.8. The zero-order chi connectivity index (χ0) is 15.1. The molecule has 110 valence electrons. The lowest BCUT2D eigenvalue weighted by molar-refractivity contribution is -0.383. The van der Waals surface area contributed by atoms with Crippen molar-refractivity contribution in [1.82, 2.24) is 4.90 Å². The van der Waals surface area contributed by atoms with Crippen LogP contribution in [0.4, 0.5) is 17.1 Å². The maximum atomic E-state index is 11.8. The Balaban J connectivity index is 2.53. The highest BCUT2D eigenvalue weighted by Gasteiger charge is 2.12. The Morgan fingerprint density at radius 1 is 1.40 bits per heavy atom. The quantitative estimate of drug-likeness (QED) is 0.451. The summed E-state index contributed by atoms with van der Waals surface area (Å²) >= 11 is 0. The first kappa shape index (κ1) is 15.7. The number of nitro benzene ring substituents is 1. The van der Waals surface area contributed by atoms with Crippen LogP contribution < -0.4 is 11.1 Å². The van der Waals surface area contributed by atoms with Gasteiger partial charge in [-0.1, -0.05) is 0 Å². The van der Waals surface area contributed by atoms with Crippen molar-refractivity contribution in [2.75, 3.05) is 30.7 Å². The zero-order valence-electron chi connectivity index (χ0n) is 11.8. The van der Waals surface area contributed by atoms with E-state index in [1.807, 2.05) is 13.8 Å². The maximum Gasteiger partial charge on any atom is 0.292 e. The van der Waals surface area contributed by atoms with E-state index in [1.165, 1.54) is 12.1 Å². The summed E-state index contributed by atoms with van der Waals surface area (Å²) in [6, 6.07) is 4.43. The average molecular weight is 280 g/mol. The van der Waals surface area contributed by atoms with Crippen LogP contribution in [-0.4, -0.2) is 35.4 Å². The molecule has 1 aromatic rings. The molecule has 0 aliphatic heterocycles. The molecule has 3 N–H and O–H groups in total. The number of nitrogens with two attached hydrogens (primary N) is 1. The molecule has 0 bridgehead atoms. The minimum absolute atomic E-state index is 0.0809. The summed E-state index contributed by atoms with van der Waals surface area (Å²) in [7, 11) is 0. The summed E-state index contributed by atoms with van der Waals surface area (Å²) in [5, 5.41) is 13.7. The lowest BCUT2D eigenvalue weighted by Crippen LogP contribution is -2.31. The van der Waals surface area contributed by atoms with Gasteiger partial charge >= 0.3 is 0 Å². The fourth-order valence-corrected chi connectivity index (χ4v) is 1.88. The van der Waals surface area contributed by atoms with Crippen LogP contribution in [0.2, 0.25) is 0 Å². The number of hydrogen-bond acceptors (Lipinski definition) is 5. The molecule has 0 spiro atoms. The summed E-state index contributed by atoms with van der Waals surface area (Å²) in [5.41, 5.74) is 6.25. The van der Waals surface area contributed by atoms with Gasteiger partial charge in [0.1, 0.15) is 5.69 Å². The van der Waals surface area contributed by atoms with Gasteiger partial charge in [-0.15, -0.1) is 0 Å². The predicted molar refractivity (Wildman–Crippen MR) is 78.5 cm³/mol. The van der Waals surface area contributed by atoms with Crippen LogP contribution >= 0.6 is 0 Å². The molecule has 7 heteroatoms. The molecule has 1 amide bonds. The van der Waals surface area contributed by atoms with Crippen molar-refractivity contribution in [2.45, 2.75) is 20.3 Å². The molecule has 0 fully saturated rings. The number of nitrogen functional groups attached to an aromatic ring is 1. The molecule has 0 aromatic heterocycles. The van der Waals surface area contributed by atoms with Gasteiger partial charge in [0.05, 0.1) is 4.92 Å². The minimum atomic E-state index is -0.525. The molecule has 0 atom stereocenters. The van der Waals surface area contributed by atoms with Crippen molar-refractivity contribution in [3.63, 3.8) is 0 Å². The Labute approximate surface area is 117 Å². The molecule has 0 saturated heterocycles. The van der Waals surface area contributed by atoms with E-state index in [4.69, 9.17) is 5.73 Å². The smallest absolute Gasteiger partial charge is 0.292 e. The summed E-state index contributed by atoms with van der Waals surface area (Å²) < 4.78 is 0. The van der Waals surface area contributed by atoms with Crippen molar-refractivity contribution in [2.24, 2.45) is 0 Å². The van der Waals surface area contributed by atoms with Crippen molar-refractivity contribution in [1.29, 1.82) is 0 Å². The van der Waals surface area contributed by atoms with Gasteiger partial charge in [0.2, 0.25) is 5.91 Å². The van der Waals surface area contributed by atoms with Crippen LogP contribution in [0.3, 0.4) is 0 Å². The number of nitro groups is 1. The standard InChI is InChI=1S/C13H20N4O3/c1-3-16(4-2)13(18)7-8-15-10-5-6-12(17(19)20)11(14)9-10/h5-6,9,15H,3-4,7-8,14H2,1-2H3. The molecular formula is C13H20N4O3. The first-order valence-corrected chi connectivity index (χ1v) is 6.55. The highest BCUT2D eigenvalue weighted by Crippen LogP contribution is 2.24. The number of anilines is 2. The van der Waals surface area contributed by atoms with Crippen LogP contribution in [0, 0.1) is 10.1 Å². The van der Waals surface area contributed by atoms with Gasteiger partial charge in [-0.05, 0) is 26.0 Å². The van der Waals surface area contributed by atoms with Crippen molar-refractivity contribution < 1.29 is 9.72 Å². The molecular weight excluding hydrogens is 260 g/mol. The van der Waals surface area contributed by atoms with Gasteiger partial charge in [-0.2, -0.15) is 0 Å². The van der Waals surface area contributed by atoms with E-state index in [9.17, 15) is 14.9 Å². The van der Waals surface area contributed by atoms with Gasteiger partial charge in [0, 0.05) is 37.8 Å². The molecule has 0 saturated carbocycles.